The van der Waals surface area contributed by atoms with Gasteiger partial charge in [-0.25, -0.2) is 0 Å². The molecule has 0 saturated heterocycles. The topological polar surface area (TPSA) is 18.5 Å². The Labute approximate surface area is 104 Å². The van der Waals surface area contributed by atoms with Gasteiger partial charge < -0.3 is 9.47 Å². The number of halogens is 6. The average Bonchev–Trinajstić information content (AvgIpc) is 2.23. The van der Waals surface area contributed by atoms with Gasteiger partial charge in [-0.3, -0.25) is 0 Å². The van der Waals surface area contributed by atoms with Gasteiger partial charge in [0.05, 0.1) is 0 Å². The van der Waals surface area contributed by atoms with E-state index in [-0.39, 0.29) is 17.1 Å². The number of rotatable bonds is 4. The maximum absolute atomic E-state index is 12.0. The first-order chi connectivity index (χ1) is 8.58. The van der Waals surface area contributed by atoms with Gasteiger partial charge in [-0.05, 0) is 19.1 Å². The SMILES string of the molecule is Cc1c(OCC(F)(F)F)cccc1OCC(F)(F)F. The highest BCUT2D eigenvalue weighted by Crippen LogP contribution is 2.30. The van der Waals surface area contributed by atoms with Crippen LogP contribution in [-0.2, 0) is 0 Å². The zero-order valence-corrected chi connectivity index (χ0v) is 9.73. The predicted molar refractivity (Wildman–Crippen MR) is 54.3 cm³/mol. The third-order valence-electron chi connectivity index (χ3n) is 2.02. The smallest absolute Gasteiger partial charge is 0.422 e. The molecule has 0 unspecified atom stereocenters. The van der Waals surface area contributed by atoms with Crippen molar-refractivity contribution in [2.45, 2.75) is 19.3 Å². The first-order valence-corrected chi connectivity index (χ1v) is 5.07. The zero-order valence-electron chi connectivity index (χ0n) is 9.73. The normalized spacial score (nSPS) is 12.4. The summed E-state index contributed by atoms with van der Waals surface area (Å²) in [6.45, 7) is -1.72. The van der Waals surface area contributed by atoms with E-state index < -0.39 is 25.6 Å². The fraction of sp³-hybridized carbons (Fsp3) is 0.455. The zero-order chi connectivity index (χ0) is 14.7. The Kier molecular flexibility index (Phi) is 4.54. The lowest BCUT2D eigenvalue weighted by molar-refractivity contribution is -0.154. The van der Waals surface area contributed by atoms with E-state index in [1.807, 2.05) is 0 Å². The Hall–Kier alpha value is -1.60. The Balaban J connectivity index is 2.75. The largest absolute Gasteiger partial charge is 0.484 e. The average molecular weight is 288 g/mol. The second kappa shape index (κ2) is 5.58. The molecule has 0 aliphatic heterocycles. The monoisotopic (exact) mass is 288 g/mol. The maximum atomic E-state index is 12.0. The molecule has 0 heterocycles. The Morgan fingerprint density at radius 1 is 0.842 bits per heavy atom. The molecule has 0 amide bonds. The summed E-state index contributed by atoms with van der Waals surface area (Å²) in [7, 11) is 0. The molecule has 1 aromatic carbocycles. The van der Waals surface area contributed by atoms with E-state index >= 15 is 0 Å². The highest BCUT2D eigenvalue weighted by molar-refractivity contribution is 5.43. The molecule has 0 fully saturated rings. The molecule has 0 aliphatic rings. The van der Waals surface area contributed by atoms with Gasteiger partial charge in [0, 0.05) is 5.56 Å². The van der Waals surface area contributed by atoms with Gasteiger partial charge in [-0.15, -0.1) is 0 Å². The minimum absolute atomic E-state index is 0.0796. The van der Waals surface area contributed by atoms with Gasteiger partial charge in [-0.1, -0.05) is 6.07 Å². The number of hydrogen-bond donors (Lipinski definition) is 0. The van der Waals surface area contributed by atoms with Gasteiger partial charge in [-0.2, -0.15) is 26.3 Å². The summed E-state index contributed by atoms with van der Waals surface area (Å²) in [5.74, 6) is -0.339. The van der Waals surface area contributed by atoms with Crippen LogP contribution in [0.25, 0.3) is 0 Å². The lowest BCUT2D eigenvalue weighted by Gasteiger charge is -2.15. The number of benzene rings is 1. The van der Waals surface area contributed by atoms with Crippen molar-refractivity contribution < 1.29 is 35.8 Å². The van der Waals surface area contributed by atoms with Crippen molar-refractivity contribution in [2.24, 2.45) is 0 Å². The Morgan fingerprint density at radius 3 is 1.53 bits per heavy atom. The van der Waals surface area contributed by atoms with Crippen LogP contribution in [0.3, 0.4) is 0 Å². The standard InChI is InChI=1S/C11H10F6O2/c1-7-8(18-5-10(12,13)14)3-2-4-9(7)19-6-11(15,16)17/h2-4H,5-6H2,1H3. The molecule has 8 heteroatoms. The molecule has 0 saturated carbocycles. The van der Waals surface area contributed by atoms with Crippen LogP contribution in [0, 0.1) is 6.92 Å². The summed E-state index contributed by atoms with van der Waals surface area (Å²) in [4.78, 5) is 0. The van der Waals surface area contributed by atoms with Crippen LogP contribution in [0.2, 0.25) is 0 Å². The van der Waals surface area contributed by atoms with Crippen molar-refractivity contribution in [3.63, 3.8) is 0 Å². The molecule has 0 spiro atoms. The lowest BCUT2D eigenvalue weighted by Crippen LogP contribution is -2.21. The van der Waals surface area contributed by atoms with Gasteiger partial charge in [0.2, 0.25) is 0 Å². The van der Waals surface area contributed by atoms with E-state index in [9.17, 15) is 26.3 Å². The van der Waals surface area contributed by atoms with Crippen LogP contribution in [0.15, 0.2) is 18.2 Å². The highest BCUT2D eigenvalue weighted by atomic mass is 19.4. The van der Waals surface area contributed by atoms with Crippen molar-refractivity contribution in [1.82, 2.24) is 0 Å². The van der Waals surface area contributed by atoms with Crippen molar-refractivity contribution in [3.8, 4) is 11.5 Å². The second-order valence-electron chi connectivity index (χ2n) is 3.69. The highest BCUT2D eigenvalue weighted by Gasteiger charge is 2.30. The molecule has 2 nitrogen and oxygen atoms in total. The molecule has 0 N–H and O–H groups in total. The van der Waals surface area contributed by atoms with E-state index in [2.05, 4.69) is 9.47 Å². The third-order valence-corrected chi connectivity index (χ3v) is 2.02. The second-order valence-corrected chi connectivity index (χ2v) is 3.69. The number of alkyl halides is 6. The summed E-state index contributed by atoms with van der Waals surface area (Å²) < 4.78 is 80.8. The Morgan fingerprint density at radius 2 is 1.21 bits per heavy atom. The van der Waals surface area contributed by atoms with Crippen molar-refractivity contribution in [2.75, 3.05) is 13.2 Å². The molecule has 1 aromatic rings. The van der Waals surface area contributed by atoms with Crippen LogP contribution in [0.4, 0.5) is 26.3 Å². The van der Waals surface area contributed by atoms with Crippen molar-refractivity contribution in [3.05, 3.63) is 23.8 Å². The van der Waals surface area contributed by atoms with Crippen LogP contribution in [0.5, 0.6) is 11.5 Å². The van der Waals surface area contributed by atoms with Gasteiger partial charge in [0.1, 0.15) is 11.5 Å². The summed E-state index contributed by atoms with van der Waals surface area (Å²) in [5.41, 5.74) is 0.0796. The summed E-state index contributed by atoms with van der Waals surface area (Å²) in [6, 6.07) is 3.70. The first kappa shape index (κ1) is 15.5. The van der Waals surface area contributed by atoms with Crippen LogP contribution < -0.4 is 9.47 Å². The van der Waals surface area contributed by atoms with E-state index in [0.29, 0.717) is 0 Å². The van der Waals surface area contributed by atoms with E-state index in [0.717, 1.165) is 0 Å². The molecular weight excluding hydrogens is 278 g/mol. The number of ether oxygens (including phenoxy) is 2. The molecule has 1 rings (SSSR count). The molecule has 0 aromatic heterocycles. The molecule has 19 heavy (non-hydrogen) atoms. The predicted octanol–water partition coefficient (Wildman–Crippen LogP) is 3.88. The lowest BCUT2D eigenvalue weighted by atomic mass is 10.2. The fourth-order valence-corrected chi connectivity index (χ4v) is 1.23. The molecular formula is C11H10F6O2. The summed E-state index contributed by atoms with van der Waals surface area (Å²) >= 11 is 0. The van der Waals surface area contributed by atoms with E-state index in [1.54, 1.807) is 0 Å². The van der Waals surface area contributed by atoms with E-state index in [4.69, 9.17) is 0 Å². The van der Waals surface area contributed by atoms with Gasteiger partial charge in [0.25, 0.3) is 0 Å². The number of hydrogen-bond acceptors (Lipinski definition) is 2. The van der Waals surface area contributed by atoms with Crippen molar-refractivity contribution >= 4 is 0 Å². The summed E-state index contributed by atoms with van der Waals surface area (Å²) in [5, 5.41) is 0. The molecule has 0 bridgehead atoms. The minimum Gasteiger partial charge on any atom is -0.484 e. The molecule has 0 aliphatic carbocycles. The van der Waals surface area contributed by atoms with Gasteiger partial charge in [0.15, 0.2) is 13.2 Å². The van der Waals surface area contributed by atoms with E-state index in [1.165, 1.54) is 25.1 Å². The molecule has 0 radical (unpaired) electrons. The quantitative estimate of drug-likeness (QED) is 0.783. The minimum atomic E-state index is -4.52. The van der Waals surface area contributed by atoms with Crippen molar-refractivity contribution in [1.29, 1.82) is 0 Å². The third kappa shape index (κ3) is 5.71. The fourth-order valence-electron chi connectivity index (χ4n) is 1.23. The van der Waals surface area contributed by atoms with Crippen LogP contribution in [-0.4, -0.2) is 25.6 Å². The molecule has 108 valence electrons. The van der Waals surface area contributed by atoms with Gasteiger partial charge >= 0.3 is 12.4 Å². The summed E-state index contributed by atoms with van der Waals surface area (Å²) in [6.07, 6.45) is -9.04. The first-order valence-electron chi connectivity index (χ1n) is 5.07. The van der Waals surface area contributed by atoms with Crippen LogP contribution in [0.1, 0.15) is 5.56 Å². The molecule has 0 atom stereocenters. The Bertz CT molecular complexity index is 388. The van der Waals surface area contributed by atoms with Crippen LogP contribution >= 0.6 is 0 Å². The maximum Gasteiger partial charge on any atom is 0.422 e.